The maximum atomic E-state index is 13.3. The van der Waals surface area contributed by atoms with Gasteiger partial charge in [-0.1, -0.05) is 52.9 Å². The SMILES string of the molecule is CC(=O)Nc1ccc(NC(=O)CSc2nnc(N3C(N)=C(C#N)C(c4ccccc4Cl)C4=C3CCCC4=O)s2)cc1. The maximum absolute atomic E-state index is 13.3. The number of hydrogen-bond acceptors (Lipinski definition) is 10. The molecule has 10 nitrogen and oxygen atoms in total. The van der Waals surface area contributed by atoms with Gasteiger partial charge < -0.3 is 16.4 Å². The highest BCUT2D eigenvalue weighted by Crippen LogP contribution is 2.48. The summed E-state index contributed by atoms with van der Waals surface area (Å²) in [5.74, 6) is -0.874. The molecule has 0 saturated heterocycles. The van der Waals surface area contributed by atoms with Crippen LogP contribution in [0, 0.1) is 11.3 Å². The highest BCUT2D eigenvalue weighted by atomic mass is 35.5. The lowest BCUT2D eigenvalue weighted by Crippen LogP contribution is -2.38. The number of hydrogen-bond donors (Lipinski definition) is 3. The summed E-state index contributed by atoms with van der Waals surface area (Å²) in [7, 11) is 0. The largest absolute Gasteiger partial charge is 0.384 e. The van der Waals surface area contributed by atoms with Crippen LogP contribution >= 0.6 is 34.7 Å². The Hall–Kier alpha value is -4.18. The van der Waals surface area contributed by atoms with E-state index >= 15 is 0 Å². The number of rotatable bonds is 7. The summed E-state index contributed by atoms with van der Waals surface area (Å²) in [4.78, 5) is 38.6. The third-order valence-electron chi connectivity index (χ3n) is 6.53. The van der Waals surface area contributed by atoms with Crippen LogP contribution < -0.4 is 21.3 Å². The van der Waals surface area contributed by atoms with Crippen LogP contribution in [0.15, 0.2) is 75.5 Å². The van der Waals surface area contributed by atoms with Crippen LogP contribution in [-0.2, 0) is 14.4 Å². The first-order valence-electron chi connectivity index (χ1n) is 12.6. The van der Waals surface area contributed by atoms with Crippen molar-refractivity contribution >= 4 is 68.8 Å². The van der Waals surface area contributed by atoms with Gasteiger partial charge in [0.05, 0.1) is 23.3 Å². The zero-order valence-corrected chi connectivity index (χ0v) is 24.2. The summed E-state index contributed by atoms with van der Waals surface area (Å²) in [6, 6.07) is 16.1. The van der Waals surface area contributed by atoms with Crippen LogP contribution in [0.1, 0.15) is 37.7 Å². The minimum absolute atomic E-state index is 0.0534. The van der Waals surface area contributed by atoms with E-state index in [2.05, 4.69) is 26.9 Å². The van der Waals surface area contributed by atoms with Crippen molar-refractivity contribution in [3.63, 3.8) is 0 Å². The summed E-state index contributed by atoms with van der Waals surface area (Å²) in [5.41, 5.74) is 9.88. The van der Waals surface area contributed by atoms with Gasteiger partial charge in [0.15, 0.2) is 10.1 Å². The number of thioether (sulfide) groups is 1. The van der Waals surface area contributed by atoms with Gasteiger partial charge in [0.25, 0.3) is 0 Å². The lowest BCUT2D eigenvalue weighted by atomic mass is 9.76. The van der Waals surface area contributed by atoms with Crippen LogP contribution in [0.25, 0.3) is 0 Å². The third kappa shape index (κ3) is 5.97. The van der Waals surface area contributed by atoms with Gasteiger partial charge in [0.1, 0.15) is 5.82 Å². The van der Waals surface area contributed by atoms with Gasteiger partial charge in [-0.05, 0) is 48.7 Å². The minimum atomic E-state index is -0.662. The van der Waals surface area contributed by atoms with E-state index in [1.165, 1.54) is 30.0 Å². The second-order valence-corrected chi connectivity index (χ2v) is 11.9. The molecule has 2 aliphatic rings. The van der Waals surface area contributed by atoms with Gasteiger partial charge in [-0.25, -0.2) is 0 Å². The number of nitrogens with one attached hydrogen (secondary N) is 2. The first-order chi connectivity index (χ1) is 19.8. The zero-order valence-electron chi connectivity index (χ0n) is 21.8. The quantitative estimate of drug-likeness (QED) is 0.309. The number of carbonyl (C=O) groups is 3. The fourth-order valence-electron chi connectivity index (χ4n) is 4.84. The normalized spacial score (nSPS) is 16.8. The Morgan fingerprint density at radius 1 is 1.15 bits per heavy atom. The Morgan fingerprint density at radius 2 is 1.85 bits per heavy atom. The number of aromatic nitrogens is 2. The predicted molar refractivity (Wildman–Crippen MR) is 159 cm³/mol. The van der Waals surface area contributed by atoms with Gasteiger partial charge >= 0.3 is 0 Å². The second-order valence-electron chi connectivity index (χ2n) is 9.28. The van der Waals surface area contributed by atoms with Crippen molar-refractivity contribution < 1.29 is 14.4 Å². The zero-order chi connectivity index (χ0) is 29.1. The van der Waals surface area contributed by atoms with E-state index in [9.17, 15) is 19.6 Å². The molecule has 1 aliphatic heterocycles. The number of carbonyl (C=O) groups excluding carboxylic acids is 3. The van der Waals surface area contributed by atoms with Crippen molar-refractivity contribution in [2.45, 2.75) is 36.4 Å². The van der Waals surface area contributed by atoms with Crippen LogP contribution in [0.3, 0.4) is 0 Å². The number of ketones is 1. The van der Waals surface area contributed by atoms with Gasteiger partial charge in [-0.3, -0.25) is 19.3 Å². The van der Waals surface area contributed by atoms with E-state index in [1.54, 1.807) is 41.3 Å². The van der Waals surface area contributed by atoms with E-state index in [4.69, 9.17) is 17.3 Å². The molecule has 1 unspecified atom stereocenters. The fourth-order valence-corrected chi connectivity index (χ4v) is 6.77. The summed E-state index contributed by atoms with van der Waals surface area (Å²) < 4.78 is 0.528. The molecule has 2 aromatic carbocycles. The third-order valence-corrected chi connectivity index (χ3v) is 8.92. The number of nitrogens with two attached hydrogens (primary N) is 1. The van der Waals surface area contributed by atoms with E-state index < -0.39 is 5.92 Å². The van der Waals surface area contributed by atoms with Crippen LogP contribution in [0.4, 0.5) is 16.5 Å². The molecule has 5 rings (SSSR count). The molecular weight excluding hydrogens is 582 g/mol. The lowest BCUT2D eigenvalue weighted by molar-refractivity contribution is -0.116. The van der Waals surface area contributed by atoms with Gasteiger partial charge in [-0.15, -0.1) is 10.2 Å². The summed E-state index contributed by atoms with van der Waals surface area (Å²) in [6.07, 6.45) is 1.59. The number of allylic oxidation sites excluding steroid dienone is 3. The van der Waals surface area contributed by atoms with E-state index in [-0.39, 0.29) is 34.7 Å². The highest BCUT2D eigenvalue weighted by Gasteiger charge is 2.41. The molecule has 13 heteroatoms. The summed E-state index contributed by atoms with van der Waals surface area (Å²) in [6.45, 7) is 1.42. The van der Waals surface area contributed by atoms with Crippen LogP contribution in [0.2, 0.25) is 5.02 Å². The van der Waals surface area contributed by atoms with Crippen molar-refractivity contribution in [1.82, 2.24) is 10.2 Å². The molecule has 2 heterocycles. The lowest BCUT2D eigenvalue weighted by Gasteiger charge is -2.38. The molecule has 0 saturated carbocycles. The number of anilines is 3. The Kier molecular flexibility index (Phi) is 8.39. The standard InChI is InChI=1S/C28H24ClN7O3S2/c1-15(37)32-16-9-11-17(12-10-16)33-23(39)14-40-28-35-34-27(41-28)36-21-7-4-8-22(38)25(21)24(19(13-30)26(36)31)18-5-2-3-6-20(18)29/h2-3,5-6,9-12,24H,4,7-8,14,31H2,1H3,(H,32,37)(H,33,39). The molecule has 41 heavy (non-hydrogen) atoms. The molecule has 1 aromatic heterocycles. The summed E-state index contributed by atoms with van der Waals surface area (Å²) >= 11 is 8.94. The molecule has 1 aliphatic carbocycles. The smallest absolute Gasteiger partial charge is 0.234 e. The molecule has 0 bridgehead atoms. The number of benzene rings is 2. The Bertz CT molecular complexity index is 1640. The molecule has 0 radical (unpaired) electrons. The van der Waals surface area contributed by atoms with Crippen LogP contribution in [0.5, 0.6) is 0 Å². The molecule has 3 aromatic rings. The summed E-state index contributed by atoms with van der Waals surface area (Å²) in [5, 5.41) is 25.0. The van der Waals surface area contributed by atoms with E-state index in [1.807, 2.05) is 12.1 Å². The van der Waals surface area contributed by atoms with Crippen molar-refractivity contribution in [2.75, 3.05) is 21.3 Å². The first kappa shape index (κ1) is 28.4. The Morgan fingerprint density at radius 3 is 2.54 bits per heavy atom. The number of nitriles is 1. The number of halogens is 1. The Labute approximate surface area is 249 Å². The maximum Gasteiger partial charge on any atom is 0.234 e. The number of amides is 2. The average Bonchev–Trinajstić information content (AvgIpc) is 3.41. The fraction of sp³-hybridized carbons (Fsp3) is 0.214. The van der Waals surface area contributed by atoms with E-state index in [0.29, 0.717) is 62.0 Å². The van der Waals surface area contributed by atoms with E-state index in [0.717, 1.165) is 0 Å². The van der Waals surface area contributed by atoms with Gasteiger partial charge in [-0.2, -0.15) is 5.26 Å². The molecule has 2 amide bonds. The Balaban J connectivity index is 1.36. The van der Waals surface area contributed by atoms with Crippen molar-refractivity contribution in [3.05, 3.63) is 81.8 Å². The highest BCUT2D eigenvalue weighted by molar-refractivity contribution is 8.01. The molecule has 0 fully saturated rings. The number of nitrogens with zero attached hydrogens (tertiary/aromatic N) is 4. The monoisotopic (exact) mass is 605 g/mol. The van der Waals surface area contributed by atoms with Crippen molar-refractivity contribution in [3.8, 4) is 6.07 Å². The van der Waals surface area contributed by atoms with Crippen molar-refractivity contribution in [2.24, 2.45) is 5.73 Å². The topological polar surface area (TPSA) is 154 Å². The average molecular weight is 606 g/mol. The predicted octanol–water partition coefficient (Wildman–Crippen LogP) is 5.19. The molecule has 208 valence electrons. The minimum Gasteiger partial charge on any atom is -0.384 e. The van der Waals surface area contributed by atoms with Crippen LogP contribution in [-0.4, -0.2) is 33.5 Å². The molecule has 1 atom stereocenters. The first-order valence-corrected chi connectivity index (χ1v) is 14.8. The molecular formula is C28H24ClN7O3S2. The number of Topliss-reactive ketones (excluding diaryl/α,β-unsaturated/α-hetero) is 1. The van der Waals surface area contributed by atoms with Crippen molar-refractivity contribution in [1.29, 1.82) is 5.26 Å². The van der Waals surface area contributed by atoms with Gasteiger partial charge in [0, 0.05) is 41.0 Å². The molecule has 0 spiro atoms. The molecule has 4 N–H and O–H groups in total. The second kappa shape index (κ2) is 12.1. The van der Waals surface area contributed by atoms with Gasteiger partial charge in [0.2, 0.25) is 16.9 Å².